The Hall–Kier alpha value is -0.0300. The average molecular weight is 352 g/mol. The average Bonchev–Trinajstić information content (AvgIpc) is 2.49. The standard InChI is InChI=1S/C16H29N3O.2ClH/c17-15-7-2-1-5-13(15)11-16(20)19-10-9-18-8-4-3-6-14(18)12-19;;/h13-15H,1-12,17H2;2*1H. The van der Waals surface area contributed by atoms with E-state index < -0.39 is 0 Å². The molecule has 2 aliphatic heterocycles. The first kappa shape index (κ1) is 20.0. The van der Waals surface area contributed by atoms with E-state index in [0.29, 0.717) is 24.3 Å². The molecule has 3 aliphatic rings. The largest absolute Gasteiger partial charge is 0.340 e. The smallest absolute Gasteiger partial charge is 0.223 e. The fourth-order valence-corrected chi connectivity index (χ4v) is 4.23. The van der Waals surface area contributed by atoms with Crippen LogP contribution in [0, 0.1) is 5.92 Å². The van der Waals surface area contributed by atoms with E-state index in [1.165, 1.54) is 38.6 Å². The van der Waals surface area contributed by atoms with E-state index in [9.17, 15) is 4.79 Å². The molecule has 2 saturated heterocycles. The highest BCUT2D eigenvalue weighted by Gasteiger charge is 2.32. The Labute approximate surface area is 147 Å². The zero-order valence-electron chi connectivity index (χ0n) is 13.4. The molecule has 2 heterocycles. The van der Waals surface area contributed by atoms with Crippen molar-refractivity contribution in [3.8, 4) is 0 Å². The molecule has 1 amide bonds. The van der Waals surface area contributed by atoms with Gasteiger partial charge in [-0.05, 0) is 38.1 Å². The molecule has 6 heteroatoms. The van der Waals surface area contributed by atoms with Gasteiger partial charge in [-0.3, -0.25) is 9.69 Å². The summed E-state index contributed by atoms with van der Waals surface area (Å²) in [7, 11) is 0. The van der Waals surface area contributed by atoms with Crippen molar-refractivity contribution in [2.24, 2.45) is 11.7 Å². The van der Waals surface area contributed by atoms with Gasteiger partial charge >= 0.3 is 0 Å². The maximum Gasteiger partial charge on any atom is 0.223 e. The maximum absolute atomic E-state index is 12.5. The molecule has 1 saturated carbocycles. The topological polar surface area (TPSA) is 49.6 Å². The van der Waals surface area contributed by atoms with E-state index in [1.807, 2.05) is 0 Å². The van der Waals surface area contributed by atoms with Gasteiger partial charge in [0.15, 0.2) is 0 Å². The lowest BCUT2D eigenvalue weighted by Gasteiger charge is -2.44. The van der Waals surface area contributed by atoms with Crippen LogP contribution >= 0.6 is 24.8 Å². The van der Waals surface area contributed by atoms with Gasteiger partial charge in [0.2, 0.25) is 5.91 Å². The van der Waals surface area contributed by atoms with Crippen molar-refractivity contribution < 1.29 is 4.79 Å². The number of fused-ring (bicyclic) bond motifs is 1. The van der Waals surface area contributed by atoms with E-state index in [-0.39, 0.29) is 30.9 Å². The molecule has 3 rings (SSSR count). The maximum atomic E-state index is 12.5. The van der Waals surface area contributed by atoms with Gasteiger partial charge in [-0.1, -0.05) is 19.3 Å². The number of hydrogen-bond donors (Lipinski definition) is 1. The van der Waals surface area contributed by atoms with Crippen molar-refractivity contribution in [3.05, 3.63) is 0 Å². The number of piperidine rings is 1. The lowest BCUT2D eigenvalue weighted by atomic mass is 9.82. The second-order valence-electron chi connectivity index (χ2n) is 6.94. The van der Waals surface area contributed by atoms with Gasteiger partial charge < -0.3 is 10.6 Å². The summed E-state index contributed by atoms with van der Waals surface area (Å²) in [4.78, 5) is 17.2. The molecule has 3 unspecified atom stereocenters. The van der Waals surface area contributed by atoms with Crippen LogP contribution < -0.4 is 5.73 Å². The van der Waals surface area contributed by atoms with Gasteiger partial charge in [0.05, 0.1) is 0 Å². The predicted molar refractivity (Wildman–Crippen MR) is 94.8 cm³/mol. The molecule has 1 aliphatic carbocycles. The molecule has 2 N–H and O–H groups in total. The predicted octanol–water partition coefficient (Wildman–Crippen LogP) is 2.43. The van der Waals surface area contributed by atoms with Crippen molar-refractivity contribution in [2.75, 3.05) is 26.2 Å². The van der Waals surface area contributed by atoms with Crippen molar-refractivity contribution in [1.82, 2.24) is 9.80 Å². The molecule has 4 nitrogen and oxygen atoms in total. The molecule has 3 fully saturated rings. The zero-order valence-corrected chi connectivity index (χ0v) is 15.0. The van der Waals surface area contributed by atoms with Gasteiger partial charge in [0.1, 0.15) is 0 Å². The number of amides is 1. The number of carbonyl (C=O) groups excluding carboxylic acids is 1. The Kier molecular flexibility index (Phi) is 8.47. The summed E-state index contributed by atoms with van der Waals surface area (Å²) in [6.07, 6.45) is 9.37. The van der Waals surface area contributed by atoms with Crippen LogP contribution in [0.3, 0.4) is 0 Å². The first-order valence-corrected chi connectivity index (χ1v) is 8.51. The molecule has 130 valence electrons. The number of halogens is 2. The van der Waals surface area contributed by atoms with Crippen LogP contribution in [-0.2, 0) is 4.79 Å². The molecule has 0 spiro atoms. The molecule has 22 heavy (non-hydrogen) atoms. The van der Waals surface area contributed by atoms with E-state index in [0.717, 1.165) is 32.5 Å². The Balaban J connectivity index is 0.00000121. The Bertz CT molecular complexity index is 356. The quantitative estimate of drug-likeness (QED) is 0.830. The highest BCUT2D eigenvalue weighted by molar-refractivity contribution is 5.85. The van der Waals surface area contributed by atoms with Crippen LogP contribution in [-0.4, -0.2) is 54.0 Å². The Morgan fingerprint density at radius 2 is 1.68 bits per heavy atom. The second kappa shape index (κ2) is 9.31. The van der Waals surface area contributed by atoms with E-state index in [2.05, 4.69) is 9.80 Å². The lowest BCUT2D eigenvalue weighted by Crippen LogP contribution is -2.56. The van der Waals surface area contributed by atoms with Crippen LogP contribution in [0.25, 0.3) is 0 Å². The molecule has 0 aromatic carbocycles. The minimum atomic E-state index is 0. The zero-order chi connectivity index (χ0) is 13.9. The SMILES string of the molecule is Cl.Cl.NC1CCCCC1CC(=O)N1CCN2CCCCC2C1. The van der Waals surface area contributed by atoms with Crippen LogP contribution in [0.15, 0.2) is 0 Å². The summed E-state index contributed by atoms with van der Waals surface area (Å²) >= 11 is 0. The van der Waals surface area contributed by atoms with Crippen LogP contribution in [0.4, 0.5) is 0 Å². The van der Waals surface area contributed by atoms with Crippen molar-refractivity contribution in [3.63, 3.8) is 0 Å². The fraction of sp³-hybridized carbons (Fsp3) is 0.938. The first-order chi connectivity index (χ1) is 9.74. The third kappa shape index (κ3) is 4.73. The summed E-state index contributed by atoms with van der Waals surface area (Å²) in [6, 6.07) is 0.880. The van der Waals surface area contributed by atoms with Crippen LogP contribution in [0.1, 0.15) is 51.4 Å². The number of piperazine rings is 1. The van der Waals surface area contributed by atoms with Crippen molar-refractivity contribution >= 4 is 30.7 Å². The van der Waals surface area contributed by atoms with Gasteiger partial charge in [0, 0.05) is 38.1 Å². The lowest BCUT2D eigenvalue weighted by molar-refractivity contribution is -0.136. The highest BCUT2D eigenvalue weighted by atomic mass is 35.5. The number of carbonyl (C=O) groups is 1. The summed E-state index contributed by atoms with van der Waals surface area (Å²) in [5, 5.41) is 0. The molecular weight excluding hydrogens is 321 g/mol. The molecular formula is C16H31Cl2N3O. The summed E-state index contributed by atoms with van der Waals surface area (Å²) in [6.45, 7) is 4.20. The van der Waals surface area contributed by atoms with Crippen molar-refractivity contribution in [1.29, 1.82) is 0 Å². The van der Waals surface area contributed by atoms with Gasteiger partial charge in [-0.2, -0.15) is 0 Å². The number of rotatable bonds is 2. The third-order valence-electron chi connectivity index (χ3n) is 5.59. The summed E-state index contributed by atoms with van der Waals surface area (Å²) in [5.74, 6) is 0.790. The minimum Gasteiger partial charge on any atom is -0.340 e. The van der Waals surface area contributed by atoms with E-state index >= 15 is 0 Å². The molecule has 0 bridgehead atoms. The summed E-state index contributed by atoms with van der Waals surface area (Å²) in [5.41, 5.74) is 6.18. The number of nitrogens with two attached hydrogens (primary N) is 1. The molecule has 0 aromatic heterocycles. The van der Waals surface area contributed by atoms with Crippen LogP contribution in [0.5, 0.6) is 0 Å². The Morgan fingerprint density at radius 1 is 0.955 bits per heavy atom. The van der Waals surface area contributed by atoms with E-state index in [4.69, 9.17) is 5.73 Å². The molecule has 3 atom stereocenters. The van der Waals surface area contributed by atoms with Crippen LogP contribution in [0.2, 0.25) is 0 Å². The highest BCUT2D eigenvalue weighted by Crippen LogP contribution is 2.27. The molecule has 0 aromatic rings. The summed E-state index contributed by atoms with van der Waals surface area (Å²) < 4.78 is 0. The van der Waals surface area contributed by atoms with E-state index in [1.54, 1.807) is 0 Å². The fourth-order valence-electron chi connectivity index (χ4n) is 4.23. The monoisotopic (exact) mass is 351 g/mol. The molecule has 0 radical (unpaired) electrons. The van der Waals surface area contributed by atoms with Crippen molar-refractivity contribution in [2.45, 2.75) is 63.5 Å². The normalized spacial score (nSPS) is 32.4. The minimum absolute atomic E-state index is 0. The van der Waals surface area contributed by atoms with Gasteiger partial charge in [-0.25, -0.2) is 0 Å². The second-order valence-corrected chi connectivity index (χ2v) is 6.94. The number of hydrogen-bond acceptors (Lipinski definition) is 3. The third-order valence-corrected chi connectivity index (χ3v) is 5.59. The Morgan fingerprint density at radius 3 is 2.45 bits per heavy atom. The number of nitrogens with zero attached hydrogens (tertiary/aromatic N) is 2. The first-order valence-electron chi connectivity index (χ1n) is 8.51. The van der Waals surface area contributed by atoms with Gasteiger partial charge in [0.25, 0.3) is 0 Å². The van der Waals surface area contributed by atoms with Gasteiger partial charge in [-0.15, -0.1) is 24.8 Å².